The number of methoxy groups -OCH3 is 1. The molecule has 0 bridgehead atoms. The highest BCUT2D eigenvalue weighted by Gasteiger charge is 2.35. The molecule has 38 heavy (non-hydrogen) atoms. The zero-order valence-electron chi connectivity index (χ0n) is 20.0. The molecule has 192 valence electrons. The summed E-state index contributed by atoms with van der Waals surface area (Å²) < 4.78 is 11.6. The Morgan fingerprint density at radius 2 is 1.68 bits per heavy atom. The summed E-state index contributed by atoms with van der Waals surface area (Å²) in [5.74, 6) is 0.406. The lowest BCUT2D eigenvalue weighted by molar-refractivity contribution is -0.123. The van der Waals surface area contributed by atoms with Gasteiger partial charge < -0.3 is 9.47 Å². The minimum absolute atomic E-state index is 0.0872. The first kappa shape index (κ1) is 26.4. The van der Waals surface area contributed by atoms with E-state index in [1.54, 1.807) is 36.4 Å². The zero-order valence-corrected chi connectivity index (χ0v) is 23.1. The van der Waals surface area contributed by atoms with Crippen LogP contribution < -0.4 is 9.47 Å². The van der Waals surface area contributed by atoms with E-state index in [1.807, 2.05) is 42.5 Å². The van der Waals surface area contributed by atoms with Gasteiger partial charge in [-0.1, -0.05) is 83.3 Å². The van der Waals surface area contributed by atoms with E-state index in [1.165, 1.54) is 7.11 Å². The van der Waals surface area contributed by atoms with Crippen molar-refractivity contribution in [2.75, 3.05) is 7.11 Å². The average molecular weight is 585 g/mol. The molecule has 5 nitrogen and oxygen atoms in total. The van der Waals surface area contributed by atoms with Gasteiger partial charge in [0, 0.05) is 0 Å². The molecule has 1 saturated heterocycles. The Morgan fingerprint density at radius 3 is 2.47 bits per heavy atom. The molecule has 5 rings (SSSR count). The van der Waals surface area contributed by atoms with Gasteiger partial charge in [0.15, 0.2) is 11.5 Å². The SMILES string of the molecule is COc1cc(/C=C2\SC(=O)N(Cc3ccc(Cl)c(Cl)c3)C2=O)cc(Cl)c1OCc1cccc2ccccc12. The van der Waals surface area contributed by atoms with Crippen molar-refractivity contribution in [3.63, 3.8) is 0 Å². The molecule has 0 N–H and O–H groups in total. The number of carbonyl (C=O) groups is 2. The molecule has 1 aliphatic heterocycles. The van der Waals surface area contributed by atoms with Crippen molar-refractivity contribution >= 4 is 74.6 Å². The third-order valence-electron chi connectivity index (χ3n) is 6.00. The second kappa shape index (κ2) is 11.3. The van der Waals surface area contributed by atoms with E-state index in [2.05, 4.69) is 0 Å². The van der Waals surface area contributed by atoms with Crippen molar-refractivity contribution in [3.05, 3.63) is 109 Å². The summed E-state index contributed by atoms with van der Waals surface area (Å²) in [6.45, 7) is 0.383. The highest BCUT2D eigenvalue weighted by atomic mass is 35.5. The van der Waals surface area contributed by atoms with E-state index in [0.29, 0.717) is 44.3 Å². The minimum atomic E-state index is -0.405. The van der Waals surface area contributed by atoms with Crippen molar-refractivity contribution in [2.24, 2.45) is 0 Å². The first-order chi connectivity index (χ1) is 18.3. The van der Waals surface area contributed by atoms with E-state index in [0.717, 1.165) is 33.0 Å². The quantitative estimate of drug-likeness (QED) is 0.204. The second-order valence-electron chi connectivity index (χ2n) is 8.48. The molecule has 0 atom stereocenters. The third-order valence-corrected chi connectivity index (χ3v) is 7.93. The maximum absolute atomic E-state index is 13.0. The lowest BCUT2D eigenvalue weighted by atomic mass is 10.1. The van der Waals surface area contributed by atoms with Crippen LogP contribution in [0, 0.1) is 0 Å². The van der Waals surface area contributed by atoms with Gasteiger partial charge in [-0.15, -0.1) is 0 Å². The molecule has 0 spiro atoms. The molecule has 9 heteroatoms. The largest absolute Gasteiger partial charge is 0.493 e. The summed E-state index contributed by atoms with van der Waals surface area (Å²) in [6.07, 6.45) is 1.61. The Balaban J connectivity index is 1.36. The lowest BCUT2D eigenvalue weighted by Crippen LogP contribution is -2.27. The van der Waals surface area contributed by atoms with Crippen LogP contribution in [0.1, 0.15) is 16.7 Å². The fraction of sp³-hybridized carbons (Fsp3) is 0.103. The van der Waals surface area contributed by atoms with E-state index in [4.69, 9.17) is 44.3 Å². The second-order valence-corrected chi connectivity index (χ2v) is 10.7. The van der Waals surface area contributed by atoms with Crippen LogP contribution in [0.25, 0.3) is 16.8 Å². The van der Waals surface area contributed by atoms with Gasteiger partial charge >= 0.3 is 0 Å². The summed E-state index contributed by atoms with van der Waals surface area (Å²) in [7, 11) is 1.52. The van der Waals surface area contributed by atoms with Crippen molar-refractivity contribution < 1.29 is 19.1 Å². The Kier molecular flexibility index (Phi) is 7.86. The summed E-state index contributed by atoms with van der Waals surface area (Å²) in [5, 5.41) is 2.93. The number of fused-ring (bicyclic) bond motifs is 1. The number of carbonyl (C=O) groups excluding carboxylic acids is 2. The van der Waals surface area contributed by atoms with Gasteiger partial charge in [-0.25, -0.2) is 0 Å². The van der Waals surface area contributed by atoms with Gasteiger partial charge in [-0.05, 0) is 69.6 Å². The predicted molar refractivity (Wildman–Crippen MR) is 154 cm³/mol. The van der Waals surface area contributed by atoms with Crippen molar-refractivity contribution in [3.8, 4) is 11.5 Å². The molecule has 1 heterocycles. The van der Waals surface area contributed by atoms with Crippen LogP contribution in [0.15, 0.2) is 77.7 Å². The first-order valence-electron chi connectivity index (χ1n) is 11.5. The molecule has 1 aliphatic rings. The number of hydrogen-bond acceptors (Lipinski definition) is 5. The van der Waals surface area contributed by atoms with E-state index >= 15 is 0 Å². The standard InChI is InChI=1S/C29H20Cl3NO4S/c1-36-25-13-18(12-24(32)27(25)37-16-20-7-4-6-19-5-2-3-8-21(19)20)14-26-28(34)33(29(35)38-26)15-17-9-10-22(30)23(31)11-17/h2-14H,15-16H2,1H3/b26-14-. The third kappa shape index (κ3) is 5.49. The van der Waals surface area contributed by atoms with Crippen molar-refractivity contribution in [2.45, 2.75) is 13.2 Å². The number of imide groups is 1. The Labute approximate surface area is 238 Å². The van der Waals surface area contributed by atoms with Crippen LogP contribution in [0.4, 0.5) is 4.79 Å². The molecule has 1 fully saturated rings. The summed E-state index contributed by atoms with van der Waals surface area (Å²) >= 11 is 19.5. The maximum Gasteiger partial charge on any atom is 0.293 e. The van der Waals surface area contributed by atoms with Gasteiger partial charge in [-0.3, -0.25) is 14.5 Å². The Bertz CT molecular complexity index is 1600. The van der Waals surface area contributed by atoms with E-state index in [9.17, 15) is 9.59 Å². The van der Waals surface area contributed by atoms with Crippen molar-refractivity contribution in [1.82, 2.24) is 4.90 Å². The summed E-state index contributed by atoms with van der Waals surface area (Å²) in [4.78, 5) is 27.1. The number of ether oxygens (including phenoxy) is 2. The topological polar surface area (TPSA) is 55.8 Å². The van der Waals surface area contributed by atoms with E-state index < -0.39 is 5.91 Å². The normalized spacial score (nSPS) is 14.5. The zero-order chi connectivity index (χ0) is 26.8. The van der Waals surface area contributed by atoms with Crippen LogP contribution in [-0.4, -0.2) is 23.2 Å². The van der Waals surface area contributed by atoms with Gasteiger partial charge in [0.25, 0.3) is 11.1 Å². The molecule has 2 amide bonds. The molecular formula is C29H20Cl3NO4S. The number of hydrogen-bond donors (Lipinski definition) is 0. The van der Waals surface area contributed by atoms with E-state index in [-0.39, 0.29) is 16.7 Å². The van der Waals surface area contributed by atoms with Gasteiger partial charge in [-0.2, -0.15) is 0 Å². The molecule has 4 aromatic rings. The molecule has 0 unspecified atom stereocenters. The van der Waals surface area contributed by atoms with Gasteiger partial charge in [0.05, 0.1) is 33.6 Å². The molecule has 0 saturated carbocycles. The fourth-order valence-corrected chi connectivity index (χ4v) is 5.57. The van der Waals surface area contributed by atoms with Crippen LogP contribution in [0.3, 0.4) is 0 Å². The highest BCUT2D eigenvalue weighted by molar-refractivity contribution is 8.18. The molecular weight excluding hydrogens is 565 g/mol. The Hall–Kier alpha value is -3.16. The van der Waals surface area contributed by atoms with Gasteiger partial charge in [0.2, 0.25) is 0 Å². The minimum Gasteiger partial charge on any atom is -0.493 e. The molecule has 0 aromatic heterocycles. The number of benzene rings is 4. The molecule has 0 radical (unpaired) electrons. The van der Waals surface area contributed by atoms with Gasteiger partial charge in [0.1, 0.15) is 6.61 Å². The molecule has 0 aliphatic carbocycles. The number of nitrogens with zero attached hydrogens (tertiary/aromatic N) is 1. The maximum atomic E-state index is 13.0. The number of amides is 2. The summed E-state index contributed by atoms with van der Waals surface area (Å²) in [5.41, 5.74) is 2.31. The fourth-order valence-electron chi connectivity index (χ4n) is 4.14. The molecule has 4 aromatic carbocycles. The van der Waals surface area contributed by atoms with Crippen LogP contribution in [0.5, 0.6) is 11.5 Å². The first-order valence-corrected chi connectivity index (χ1v) is 13.5. The van der Waals surface area contributed by atoms with Crippen LogP contribution in [0.2, 0.25) is 15.1 Å². The number of halogens is 3. The average Bonchev–Trinajstić information content (AvgIpc) is 3.17. The highest BCUT2D eigenvalue weighted by Crippen LogP contribution is 2.40. The predicted octanol–water partition coefficient (Wildman–Crippen LogP) is 8.62. The summed E-state index contributed by atoms with van der Waals surface area (Å²) in [6, 6.07) is 22.5. The smallest absolute Gasteiger partial charge is 0.293 e. The monoisotopic (exact) mass is 583 g/mol. The number of thioether (sulfide) groups is 1. The lowest BCUT2D eigenvalue weighted by Gasteiger charge is -2.15. The van der Waals surface area contributed by atoms with Crippen LogP contribution in [-0.2, 0) is 17.9 Å². The van der Waals surface area contributed by atoms with Crippen LogP contribution >= 0.6 is 46.6 Å². The number of rotatable bonds is 7. The Morgan fingerprint density at radius 1 is 0.895 bits per heavy atom. The van der Waals surface area contributed by atoms with Crippen molar-refractivity contribution in [1.29, 1.82) is 0 Å².